The van der Waals surface area contributed by atoms with Gasteiger partial charge in [-0.2, -0.15) is 0 Å². The molecule has 3 aromatic rings. The Morgan fingerprint density at radius 2 is 2.04 bits per heavy atom. The Morgan fingerprint density at radius 1 is 1.28 bits per heavy atom. The van der Waals surface area contributed by atoms with Crippen LogP contribution in [0.3, 0.4) is 0 Å². The Morgan fingerprint density at radius 3 is 2.72 bits per heavy atom. The molecule has 2 aromatic heterocycles. The average Bonchev–Trinajstić information content (AvgIpc) is 3.01. The monoisotopic (exact) mass is 353 g/mol. The first-order valence-electron chi connectivity index (χ1n) is 8.26. The number of hydrogen-bond donors (Lipinski definition) is 1. The van der Waals surface area contributed by atoms with E-state index in [2.05, 4.69) is 44.4 Å². The number of aromatic carboxylic acids is 1. The summed E-state index contributed by atoms with van der Waals surface area (Å²) in [7, 11) is 0. The van der Waals surface area contributed by atoms with Gasteiger partial charge in [-0.3, -0.25) is 4.79 Å². The topological polar surface area (TPSA) is 59.3 Å². The standard InChI is InChI=1S/C20H19NO3S/c1-20(2,3)18-8-13-11(4-5-17-12(13)6-7-25-17)15-9-16(22)14(19(23)24)10-21(15)18/h4-7,9-10,18H,8H2,1-3H3,(H,23,24)/t18-/m0/s1. The largest absolute Gasteiger partial charge is 0.477 e. The second-order valence-electron chi connectivity index (χ2n) is 7.66. The van der Waals surface area contributed by atoms with Crippen molar-refractivity contribution < 1.29 is 9.90 Å². The smallest absolute Gasteiger partial charge is 0.341 e. The van der Waals surface area contributed by atoms with Gasteiger partial charge < -0.3 is 9.67 Å². The van der Waals surface area contributed by atoms with Crippen LogP contribution in [-0.2, 0) is 6.42 Å². The van der Waals surface area contributed by atoms with Gasteiger partial charge in [-0.05, 0) is 40.3 Å². The number of carbonyl (C=O) groups is 1. The minimum Gasteiger partial charge on any atom is -0.477 e. The number of benzene rings is 1. The van der Waals surface area contributed by atoms with Gasteiger partial charge >= 0.3 is 5.97 Å². The molecule has 5 heteroatoms. The molecule has 0 fully saturated rings. The zero-order valence-electron chi connectivity index (χ0n) is 14.4. The number of rotatable bonds is 1. The maximum absolute atomic E-state index is 12.3. The van der Waals surface area contributed by atoms with Crippen molar-refractivity contribution in [1.82, 2.24) is 4.57 Å². The third-order valence-corrected chi connectivity index (χ3v) is 5.95. The van der Waals surface area contributed by atoms with Crippen molar-refractivity contribution >= 4 is 27.4 Å². The van der Waals surface area contributed by atoms with Gasteiger partial charge in [-0.15, -0.1) is 11.3 Å². The van der Waals surface area contributed by atoms with Crippen molar-refractivity contribution in [3.63, 3.8) is 0 Å². The van der Waals surface area contributed by atoms with Crippen LogP contribution in [0.1, 0.15) is 42.7 Å². The van der Waals surface area contributed by atoms with Crippen LogP contribution in [0.4, 0.5) is 0 Å². The first kappa shape index (κ1) is 16.1. The Balaban J connectivity index is 2.08. The summed E-state index contributed by atoms with van der Waals surface area (Å²) >= 11 is 1.71. The molecule has 1 aliphatic heterocycles. The van der Waals surface area contributed by atoms with Crippen molar-refractivity contribution in [2.24, 2.45) is 5.41 Å². The maximum Gasteiger partial charge on any atom is 0.341 e. The van der Waals surface area contributed by atoms with E-state index in [4.69, 9.17) is 0 Å². The summed E-state index contributed by atoms with van der Waals surface area (Å²) in [4.78, 5) is 23.8. The summed E-state index contributed by atoms with van der Waals surface area (Å²) in [5.74, 6) is -1.17. The number of nitrogens with zero attached hydrogens (tertiary/aromatic N) is 1. The van der Waals surface area contributed by atoms with E-state index in [1.165, 1.54) is 27.9 Å². The SMILES string of the molecule is CC(C)(C)[C@@H]1Cc2c(ccc3sccc23)-c2cc(=O)c(C(=O)O)cn21. The summed E-state index contributed by atoms with van der Waals surface area (Å²) in [5, 5.41) is 12.7. The van der Waals surface area contributed by atoms with E-state index >= 15 is 0 Å². The highest BCUT2D eigenvalue weighted by Crippen LogP contribution is 2.45. The normalized spacial score (nSPS) is 16.5. The number of pyridine rings is 1. The summed E-state index contributed by atoms with van der Waals surface area (Å²) < 4.78 is 3.23. The molecule has 0 spiro atoms. The van der Waals surface area contributed by atoms with E-state index in [0.717, 1.165) is 17.7 Å². The number of carboxylic acids is 1. The summed E-state index contributed by atoms with van der Waals surface area (Å²) in [6.07, 6.45) is 2.35. The molecule has 1 aliphatic rings. The van der Waals surface area contributed by atoms with Gasteiger partial charge in [0.25, 0.3) is 0 Å². The van der Waals surface area contributed by atoms with Crippen molar-refractivity contribution in [2.75, 3.05) is 0 Å². The minimum atomic E-state index is -1.17. The van der Waals surface area contributed by atoms with Crippen LogP contribution in [0, 0.1) is 5.41 Å². The lowest BCUT2D eigenvalue weighted by molar-refractivity contribution is 0.0693. The molecule has 0 unspecified atom stereocenters. The van der Waals surface area contributed by atoms with Crippen LogP contribution >= 0.6 is 11.3 Å². The fourth-order valence-corrected chi connectivity index (χ4v) is 4.58. The second-order valence-corrected chi connectivity index (χ2v) is 8.61. The first-order chi connectivity index (χ1) is 11.8. The number of fused-ring (bicyclic) bond motifs is 5. The molecule has 0 saturated carbocycles. The molecule has 0 amide bonds. The lowest BCUT2D eigenvalue weighted by Gasteiger charge is -2.39. The molecule has 0 saturated heterocycles. The van der Waals surface area contributed by atoms with Gasteiger partial charge in [-0.25, -0.2) is 4.79 Å². The quantitative estimate of drug-likeness (QED) is 0.697. The van der Waals surface area contributed by atoms with E-state index in [-0.39, 0.29) is 17.0 Å². The van der Waals surface area contributed by atoms with Gasteiger partial charge in [0.15, 0.2) is 5.43 Å². The van der Waals surface area contributed by atoms with Crippen LogP contribution in [-0.4, -0.2) is 15.6 Å². The predicted molar refractivity (Wildman–Crippen MR) is 101 cm³/mol. The molecule has 1 aromatic carbocycles. The molecule has 4 rings (SSSR count). The molecule has 3 heterocycles. The summed E-state index contributed by atoms with van der Waals surface area (Å²) in [5.41, 5.74) is 2.41. The van der Waals surface area contributed by atoms with E-state index in [9.17, 15) is 14.7 Å². The molecule has 128 valence electrons. The van der Waals surface area contributed by atoms with E-state index in [1.807, 2.05) is 4.57 Å². The fourth-order valence-electron chi connectivity index (χ4n) is 3.76. The van der Waals surface area contributed by atoms with Crippen molar-refractivity contribution in [2.45, 2.75) is 33.2 Å². The highest BCUT2D eigenvalue weighted by Gasteiger charge is 2.34. The van der Waals surface area contributed by atoms with Gasteiger partial charge in [0, 0.05) is 28.6 Å². The van der Waals surface area contributed by atoms with Crippen LogP contribution in [0.2, 0.25) is 0 Å². The van der Waals surface area contributed by atoms with Crippen molar-refractivity contribution in [1.29, 1.82) is 0 Å². The predicted octanol–water partition coefficient (Wildman–Crippen LogP) is 4.57. The number of aromatic nitrogens is 1. The van der Waals surface area contributed by atoms with Gasteiger partial charge in [0.05, 0.1) is 5.69 Å². The summed E-state index contributed by atoms with van der Waals surface area (Å²) in [6, 6.07) is 7.84. The van der Waals surface area contributed by atoms with Crippen molar-refractivity contribution in [3.8, 4) is 11.3 Å². The third-order valence-electron chi connectivity index (χ3n) is 5.07. The maximum atomic E-state index is 12.3. The Bertz CT molecular complexity index is 1070. The van der Waals surface area contributed by atoms with Gasteiger partial charge in [0.2, 0.25) is 0 Å². The lowest BCUT2D eigenvalue weighted by Crippen LogP contribution is -2.32. The second kappa shape index (κ2) is 5.30. The highest BCUT2D eigenvalue weighted by atomic mass is 32.1. The van der Waals surface area contributed by atoms with Crippen molar-refractivity contribution in [3.05, 3.63) is 57.2 Å². The Kier molecular flexibility index (Phi) is 3.41. The zero-order valence-corrected chi connectivity index (χ0v) is 15.2. The van der Waals surface area contributed by atoms with E-state index in [1.54, 1.807) is 11.3 Å². The minimum absolute atomic E-state index is 0.0739. The lowest BCUT2D eigenvalue weighted by atomic mass is 9.78. The van der Waals surface area contributed by atoms with Crippen LogP contribution in [0.25, 0.3) is 21.3 Å². The fraction of sp³-hybridized carbons (Fsp3) is 0.300. The van der Waals surface area contributed by atoms with Gasteiger partial charge in [0.1, 0.15) is 5.56 Å². The number of thiophene rings is 1. The van der Waals surface area contributed by atoms with E-state index in [0.29, 0.717) is 0 Å². The average molecular weight is 353 g/mol. The molecule has 4 nitrogen and oxygen atoms in total. The molecule has 1 N–H and O–H groups in total. The van der Waals surface area contributed by atoms with Crippen LogP contribution < -0.4 is 5.43 Å². The molecular formula is C20H19NO3S. The molecule has 25 heavy (non-hydrogen) atoms. The van der Waals surface area contributed by atoms with E-state index < -0.39 is 11.4 Å². The third kappa shape index (κ3) is 2.42. The zero-order chi connectivity index (χ0) is 17.9. The molecule has 0 aliphatic carbocycles. The number of hydrogen-bond acceptors (Lipinski definition) is 3. The molecular weight excluding hydrogens is 334 g/mol. The van der Waals surface area contributed by atoms with Crippen LogP contribution in [0.15, 0.2) is 40.6 Å². The first-order valence-corrected chi connectivity index (χ1v) is 9.14. The highest BCUT2D eigenvalue weighted by molar-refractivity contribution is 7.17. The Hall–Kier alpha value is -2.40. The van der Waals surface area contributed by atoms with Gasteiger partial charge in [-0.1, -0.05) is 26.8 Å². The Labute approximate surface area is 149 Å². The number of carboxylic acid groups (broad SMARTS) is 1. The van der Waals surface area contributed by atoms with Crippen LogP contribution in [0.5, 0.6) is 0 Å². The molecule has 1 atom stereocenters. The molecule has 0 bridgehead atoms. The summed E-state index contributed by atoms with van der Waals surface area (Å²) in [6.45, 7) is 6.45. The molecule has 0 radical (unpaired) electrons.